The van der Waals surface area contributed by atoms with Crippen LogP contribution in [0.1, 0.15) is 31.8 Å². The molecule has 21 heavy (non-hydrogen) atoms. The SMILES string of the molecule is N#Cc1cccc(C#N)c1N1C(=O)c2ccccc2C1=O. The van der Waals surface area contributed by atoms with Crippen molar-refractivity contribution in [1.82, 2.24) is 0 Å². The first-order valence-electron chi connectivity index (χ1n) is 6.10. The number of benzene rings is 2. The zero-order valence-corrected chi connectivity index (χ0v) is 10.7. The third kappa shape index (κ3) is 1.69. The summed E-state index contributed by atoms with van der Waals surface area (Å²) < 4.78 is 0. The molecule has 2 aromatic rings. The lowest BCUT2D eigenvalue weighted by molar-refractivity contribution is 0.0926. The number of carbonyl (C=O) groups excluding carboxylic acids is 2. The van der Waals surface area contributed by atoms with Crippen LogP contribution in [0, 0.1) is 22.7 Å². The average Bonchev–Trinajstić information content (AvgIpc) is 2.78. The molecule has 1 aliphatic rings. The molecule has 3 rings (SSSR count). The fourth-order valence-electron chi connectivity index (χ4n) is 2.36. The number of carbonyl (C=O) groups is 2. The normalized spacial score (nSPS) is 12.8. The standard InChI is InChI=1S/C16H7N3O2/c17-8-10-4-3-5-11(9-18)14(10)19-15(20)12-6-1-2-7-13(12)16(19)21/h1-7H. The Morgan fingerprint density at radius 2 is 1.24 bits per heavy atom. The Labute approximate surface area is 120 Å². The highest BCUT2D eigenvalue weighted by Crippen LogP contribution is 2.32. The van der Waals surface area contributed by atoms with Crippen LogP contribution in [-0.4, -0.2) is 11.8 Å². The third-order valence-electron chi connectivity index (χ3n) is 3.29. The lowest BCUT2D eigenvalue weighted by Crippen LogP contribution is -2.30. The molecular weight excluding hydrogens is 266 g/mol. The summed E-state index contributed by atoms with van der Waals surface area (Å²) in [6, 6.07) is 14.7. The molecule has 98 valence electrons. The van der Waals surface area contributed by atoms with Gasteiger partial charge in [0.05, 0.1) is 27.9 Å². The van der Waals surface area contributed by atoms with Crippen molar-refractivity contribution in [3.8, 4) is 12.1 Å². The van der Waals surface area contributed by atoms with Crippen molar-refractivity contribution < 1.29 is 9.59 Å². The number of hydrogen-bond donors (Lipinski definition) is 0. The van der Waals surface area contributed by atoms with Gasteiger partial charge in [0.25, 0.3) is 11.8 Å². The second-order valence-corrected chi connectivity index (χ2v) is 4.42. The summed E-state index contributed by atoms with van der Waals surface area (Å²) in [4.78, 5) is 25.8. The largest absolute Gasteiger partial charge is 0.268 e. The Hall–Kier alpha value is -3.44. The number of imide groups is 1. The van der Waals surface area contributed by atoms with Gasteiger partial charge in [0.1, 0.15) is 12.1 Å². The number of hydrogen-bond acceptors (Lipinski definition) is 4. The third-order valence-corrected chi connectivity index (χ3v) is 3.29. The van der Waals surface area contributed by atoms with E-state index in [1.807, 2.05) is 12.1 Å². The Bertz CT molecular complexity index is 805. The van der Waals surface area contributed by atoms with E-state index in [4.69, 9.17) is 0 Å². The van der Waals surface area contributed by atoms with Gasteiger partial charge in [-0.1, -0.05) is 18.2 Å². The molecule has 2 aromatic carbocycles. The predicted octanol–water partition coefficient (Wildman–Crippen LogP) is 2.23. The van der Waals surface area contributed by atoms with E-state index in [1.54, 1.807) is 30.3 Å². The summed E-state index contributed by atoms with van der Waals surface area (Å²) in [5, 5.41) is 18.4. The van der Waals surface area contributed by atoms with Gasteiger partial charge >= 0.3 is 0 Å². The highest BCUT2D eigenvalue weighted by molar-refractivity contribution is 6.35. The molecule has 0 saturated carbocycles. The lowest BCUT2D eigenvalue weighted by atomic mass is 10.1. The molecule has 5 heteroatoms. The minimum atomic E-state index is -0.519. The fraction of sp³-hybridized carbons (Fsp3) is 0. The first-order chi connectivity index (χ1) is 10.2. The zero-order valence-electron chi connectivity index (χ0n) is 10.7. The molecular formula is C16H7N3O2. The summed E-state index contributed by atoms with van der Waals surface area (Å²) in [6.45, 7) is 0. The van der Waals surface area contributed by atoms with Crippen molar-refractivity contribution in [3.05, 3.63) is 64.7 Å². The van der Waals surface area contributed by atoms with E-state index in [1.165, 1.54) is 12.1 Å². The molecule has 1 aliphatic heterocycles. The quantitative estimate of drug-likeness (QED) is 0.746. The number of nitriles is 2. The highest BCUT2D eigenvalue weighted by Gasteiger charge is 2.38. The molecule has 0 aliphatic carbocycles. The van der Waals surface area contributed by atoms with E-state index in [-0.39, 0.29) is 27.9 Å². The minimum absolute atomic E-state index is 0.0497. The first-order valence-corrected chi connectivity index (χ1v) is 6.10. The van der Waals surface area contributed by atoms with Crippen LogP contribution >= 0.6 is 0 Å². The molecule has 0 unspecified atom stereocenters. The number of amides is 2. The molecule has 0 radical (unpaired) electrons. The van der Waals surface area contributed by atoms with Crippen LogP contribution in [-0.2, 0) is 0 Å². The summed E-state index contributed by atoms with van der Waals surface area (Å²) in [5.74, 6) is -1.04. The van der Waals surface area contributed by atoms with Crippen LogP contribution in [0.15, 0.2) is 42.5 Å². The van der Waals surface area contributed by atoms with Crippen LogP contribution in [0.4, 0.5) is 5.69 Å². The maximum atomic E-state index is 12.4. The second kappa shape index (κ2) is 4.59. The molecule has 0 aromatic heterocycles. The number of para-hydroxylation sites is 1. The molecule has 0 saturated heterocycles. The van der Waals surface area contributed by atoms with E-state index in [0.29, 0.717) is 0 Å². The summed E-state index contributed by atoms with van der Waals surface area (Å²) >= 11 is 0. The molecule has 0 atom stereocenters. The van der Waals surface area contributed by atoms with Gasteiger partial charge in [0, 0.05) is 0 Å². The summed E-state index contributed by atoms with van der Waals surface area (Å²) in [5.41, 5.74) is 0.832. The van der Waals surface area contributed by atoms with Gasteiger partial charge in [-0.3, -0.25) is 9.59 Å². The molecule has 0 spiro atoms. The van der Waals surface area contributed by atoms with Crippen molar-refractivity contribution in [2.24, 2.45) is 0 Å². The predicted molar refractivity (Wildman–Crippen MR) is 73.5 cm³/mol. The van der Waals surface area contributed by atoms with Gasteiger partial charge in [0.2, 0.25) is 0 Å². The van der Waals surface area contributed by atoms with Crippen molar-refractivity contribution in [2.75, 3.05) is 4.90 Å². The van der Waals surface area contributed by atoms with Crippen LogP contribution in [0.5, 0.6) is 0 Å². The summed E-state index contributed by atoms with van der Waals surface area (Å²) in [6.07, 6.45) is 0. The first kappa shape index (κ1) is 12.6. The number of fused-ring (bicyclic) bond motifs is 1. The van der Waals surface area contributed by atoms with Gasteiger partial charge < -0.3 is 0 Å². The van der Waals surface area contributed by atoms with Crippen LogP contribution in [0.3, 0.4) is 0 Å². The van der Waals surface area contributed by atoms with E-state index in [2.05, 4.69) is 0 Å². The maximum absolute atomic E-state index is 12.4. The van der Waals surface area contributed by atoms with Crippen molar-refractivity contribution in [3.63, 3.8) is 0 Å². The molecule has 0 N–H and O–H groups in total. The van der Waals surface area contributed by atoms with Crippen molar-refractivity contribution >= 4 is 17.5 Å². The van der Waals surface area contributed by atoms with Gasteiger partial charge in [-0.05, 0) is 24.3 Å². The van der Waals surface area contributed by atoms with Crippen LogP contribution in [0.25, 0.3) is 0 Å². The van der Waals surface area contributed by atoms with E-state index in [9.17, 15) is 20.1 Å². The van der Waals surface area contributed by atoms with Gasteiger partial charge in [0.15, 0.2) is 0 Å². The Morgan fingerprint density at radius 1 is 0.762 bits per heavy atom. The molecule has 0 bridgehead atoms. The molecule has 2 amide bonds. The Balaban J connectivity index is 2.26. The monoisotopic (exact) mass is 273 g/mol. The van der Waals surface area contributed by atoms with Crippen LogP contribution < -0.4 is 4.90 Å². The van der Waals surface area contributed by atoms with E-state index >= 15 is 0 Å². The lowest BCUT2D eigenvalue weighted by Gasteiger charge is -2.16. The van der Waals surface area contributed by atoms with Gasteiger partial charge in [-0.2, -0.15) is 10.5 Å². The Morgan fingerprint density at radius 3 is 1.67 bits per heavy atom. The minimum Gasteiger partial charge on any atom is -0.268 e. The fourth-order valence-corrected chi connectivity index (χ4v) is 2.36. The van der Waals surface area contributed by atoms with Gasteiger partial charge in [-0.25, -0.2) is 4.90 Å². The average molecular weight is 273 g/mol. The van der Waals surface area contributed by atoms with Crippen molar-refractivity contribution in [1.29, 1.82) is 10.5 Å². The molecule has 0 fully saturated rings. The molecule has 5 nitrogen and oxygen atoms in total. The smallest absolute Gasteiger partial charge is 0.266 e. The highest BCUT2D eigenvalue weighted by atomic mass is 16.2. The maximum Gasteiger partial charge on any atom is 0.266 e. The number of rotatable bonds is 1. The van der Waals surface area contributed by atoms with Gasteiger partial charge in [-0.15, -0.1) is 0 Å². The van der Waals surface area contributed by atoms with E-state index in [0.717, 1.165) is 4.90 Å². The van der Waals surface area contributed by atoms with E-state index < -0.39 is 11.8 Å². The number of nitrogens with zero attached hydrogens (tertiary/aromatic N) is 3. The zero-order chi connectivity index (χ0) is 15.0. The second-order valence-electron chi connectivity index (χ2n) is 4.42. The Kier molecular flexibility index (Phi) is 2.75. The number of anilines is 1. The van der Waals surface area contributed by atoms with Crippen molar-refractivity contribution in [2.45, 2.75) is 0 Å². The summed E-state index contributed by atoms with van der Waals surface area (Å²) in [7, 11) is 0. The topological polar surface area (TPSA) is 85.0 Å². The van der Waals surface area contributed by atoms with Crippen LogP contribution in [0.2, 0.25) is 0 Å². The molecule has 1 heterocycles.